The molecular formula is C20H19Cl2N3O4. The molecule has 0 radical (unpaired) electrons. The van der Waals surface area contributed by atoms with Crippen LogP contribution in [-0.2, 0) is 6.54 Å². The minimum absolute atomic E-state index is 0.277. The predicted octanol–water partition coefficient (Wildman–Crippen LogP) is 4.52. The summed E-state index contributed by atoms with van der Waals surface area (Å²) in [5.74, 6) is 1.09. The van der Waals surface area contributed by atoms with Crippen LogP contribution in [0.5, 0.6) is 17.2 Å². The van der Waals surface area contributed by atoms with Gasteiger partial charge in [-0.05, 0) is 29.8 Å². The van der Waals surface area contributed by atoms with Crippen molar-refractivity contribution in [2.75, 3.05) is 26.6 Å². The molecule has 0 bridgehead atoms. The van der Waals surface area contributed by atoms with Gasteiger partial charge in [0, 0.05) is 12.3 Å². The first-order chi connectivity index (χ1) is 14.0. The summed E-state index contributed by atoms with van der Waals surface area (Å²) < 4.78 is 17.6. The Morgan fingerprint density at radius 3 is 2.41 bits per heavy atom. The number of carbonyl (C=O) groups excluding carboxylic acids is 1. The number of nitrogens with one attached hydrogen (secondary N) is 1. The molecule has 152 valence electrons. The Balaban J connectivity index is 1.77. The highest BCUT2D eigenvalue weighted by atomic mass is 35.5. The Bertz CT molecular complexity index is 1040. The van der Waals surface area contributed by atoms with Crippen molar-refractivity contribution in [1.82, 2.24) is 9.78 Å². The Morgan fingerprint density at radius 2 is 1.76 bits per heavy atom. The summed E-state index contributed by atoms with van der Waals surface area (Å²) in [5.41, 5.74) is 1.23. The van der Waals surface area contributed by atoms with Crippen molar-refractivity contribution >= 4 is 34.9 Å². The molecule has 2 aromatic carbocycles. The van der Waals surface area contributed by atoms with Crippen LogP contribution in [0.4, 0.5) is 5.82 Å². The number of aromatic nitrogens is 2. The lowest BCUT2D eigenvalue weighted by Gasteiger charge is -2.15. The van der Waals surface area contributed by atoms with Crippen molar-refractivity contribution in [3.8, 4) is 17.2 Å². The van der Waals surface area contributed by atoms with Gasteiger partial charge in [-0.2, -0.15) is 5.10 Å². The number of rotatable bonds is 7. The molecule has 0 aliphatic rings. The van der Waals surface area contributed by atoms with E-state index in [1.165, 1.54) is 21.3 Å². The number of nitrogens with zero attached hydrogens (tertiary/aromatic N) is 2. The maximum Gasteiger partial charge on any atom is 0.260 e. The SMILES string of the molecule is COc1ccc(C(=O)Nc2ccn(Cc3ccc(Cl)c(Cl)c3)n2)c(OC)c1OC. The van der Waals surface area contributed by atoms with Gasteiger partial charge in [0.15, 0.2) is 17.3 Å². The smallest absolute Gasteiger partial charge is 0.260 e. The molecule has 0 aliphatic carbocycles. The zero-order valence-electron chi connectivity index (χ0n) is 16.0. The zero-order chi connectivity index (χ0) is 21.0. The summed E-state index contributed by atoms with van der Waals surface area (Å²) in [4.78, 5) is 12.7. The van der Waals surface area contributed by atoms with Gasteiger partial charge in [0.1, 0.15) is 0 Å². The van der Waals surface area contributed by atoms with E-state index in [0.717, 1.165) is 5.56 Å². The molecule has 9 heteroatoms. The summed E-state index contributed by atoms with van der Waals surface area (Å²) in [5, 5.41) is 8.09. The Kier molecular flexibility index (Phi) is 6.51. The molecule has 0 unspecified atom stereocenters. The molecule has 1 heterocycles. The van der Waals surface area contributed by atoms with E-state index in [4.69, 9.17) is 37.4 Å². The van der Waals surface area contributed by atoms with Crippen molar-refractivity contribution in [3.63, 3.8) is 0 Å². The van der Waals surface area contributed by atoms with Gasteiger partial charge in [-0.25, -0.2) is 0 Å². The highest BCUT2D eigenvalue weighted by Crippen LogP contribution is 2.39. The second-order valence-corrected chi connectivity index (χ2v) is 6.80. The van der Waals surface area contributed by atoms with Crippen LogP contribution < -0.4 is 19.5 Å². The molecule has 0 spiro atoms. The first-order valence-electron chi connectivity index (χ1n) is 8.54. The molecule has 0 fully saturated rings. The van der Waals surface area contributed by atoms with Crippen LogP contribution >= 0.6 is 23.2 Å². The summed E-state index contributed by atoms with van der Waals surface area (Å²) in [6, 6.07) is 10.3. The highest BCUT2D eigenvalue weighted by Gasteiger charge is 2.21. The zero-order valence-corrected chi connectivity index (χ0v) is 17.5. The van der Waals surface area contributed by atoms with Crippen LogP contribution in [0, 0.1) is 0 Å². The number of halogens is 2. The van der Waals surface area contributed by atoms with Gasteiger partial charge >= 0.3 is 0 Å². The Morgan fingerprint density at radius 1 is 1.00 bits per heavy atom. The molecule has 3 rings (SSSR count). The molecule has 1 N–H and O–H groups in total. The minimum atomic E-state index is -0.386. The van der Waals surface area contributed by atoms with E-state index in [0.29, 0.717) is 39.5 Å². The van der Waals surface area contributed by atoms with Gasteiger partial charge in [0.2, 0.25) is 5.75 Å². The predicted molar refractivity (Wildman–Crippen MR) is 112 cm³/mol. The molecule has 1 aromatic heterocycles. The van der Waals surface area contributed by atoms with Crippen molar-refractivity contribution in [3.05, 3.63) is 63.8 Å². The molecule has 29 heavy (non-hydrogen) atoms. The number of hydrogen-bond acceptors (Lipinski definition) is 5. The van der Waals surface area contributed by atoms with E-state index >= 15 is 0 Å². The van der Waals surface area contributed by atoms with Gasteiger partial charge in [-0.1, -0.05) is 29.3 Å². The van der Waals surface area contributed by atoms with E-state index in [9.17, 15) is 4.79 Å². The standard InChI is InChI=1S/C20H19Cl2N3O4/c1-27-16-7-5-13(18(28-2)19(16)29-3)20(26)23-17-8-9-25(24-17)11-12-4-6-14(21)15(22)10-12/h4-10H,11H2,1-3H3,(H,23,24,26). The van der Waals surface area contributed by atoms with Gasteiger partial charge in [0.25, 0.3) is 5.91 Å². The number of anilines is 1. The third-order valence-corrected chi connectivity index (χ3v) is 4.90. The van der Waals surface area contributed by atoms with Crippen LogP contribution in [0.1, 0.15) is 15.9 Å². The van der Waals surface area contributed by atoms with Crippen molar-refractivity contribution in [2.45, 2.75) is 6.54 Å². The quantitative estimate of drug-likeness (QED) is 0.590. The largest absolute Gasteiger partial charge is 0.493 e. The lowest BCUT2D eigenvalue weighted by molar-refractivity contribution is 0.102. The third kappa shape index (κ3) is 4.58. The van der Waals surface area contributed by atoms with Crippen molar-refractivity contribution in [2.24, 2.45) is 0 Å². The monoisotopic (exact) mass is 435 g/mol. The average molecular weight is 436 g/mol. The first-order valence-corrected chi connectivity index (χ1v) is 9.30. The van der Waals surface area contributed by atoms with Crippen molar-refractivity contribution in [1.29, 1.82) is 0 Å². The molecule has 3 aromatic rings. The van der Waals surface area contributed by atoms with Gasteiger partial charge < -0.3 is 19.5 Å². The highest BCUT2D eigenvalue weighted by molar-refractivity contribution is 6.42. The topological polar surface area (TPSA) is 74.6 Å². The Hall–Kier alpha value is -2.90. The molecule has 0 saturated carbocycles. The van der Waals surface area contributed by atoms with Crippen LogP contribution in [0.2, 0.25) is 10.0 Å². The van der Waals surface area contributed by atoms with Crippen LogP contribution in [0.15, 0.2) is 42.6 Å². The fraction of sp³-hybridized carbons (Fsp3) is 0.200. The first kappa shape index (κ1) is 20.8. The number of methoxy groups -OCH3 is 3. The number of ether oxygens (including phenoxy) is 3. The summed E-state index contributed by atoms with van der Waals surface area (Å²) in [7, 11) is 4.45. The van der Waals surface area contributed by atoms with Crippen molar-refractivity contribution < 1.29 is 19.0 Å². The molecule has 7 nitrogen and oxygen atoms in total. The molecule has 0 aliphatic heterocycles. The summed E-state index contributed by atoms with van der Waals surface area (Å²) in [6.07, 6.45) is 1.75. The van der Waals surface area contributed by atoms with E-state index in [1.54, 1.807) is 41.2 Å². The average Bonchev–Trinajstić information content (AvgIpc) is 3.15. The van der Waals surface area contributed by atoms with E-state index in [-0.39, 0.29) is 11.7 Å². The number of carbonyl (C=O) groups is 1. The molecule has 0 saturated heterocycles. The number of amides is 1. The van der Waals surface area contributed by atoms with Crippen LogP contribution in [0.25, 0.3) is 0 Å². The maximum absolute atomic E-state index is 12.7. The van der Waals surface area contributed by atoms with E-state index < -0.39 is 0 Å². The van der Waals surface area contributed by atoms with Crippen LogP contribution in [-0.4, -0.2) is 37.0 Å². The summed E-state index contributed by atoms with van der Waals surface area (Å²) >= 11 is 12.0. The van der Waals surface area contributed by atoms with Gasteiger partial charge in [0.05, 0.1) is 43.5 Å². The molecular weight excluding hydrogens is 417 g/mol. The van der Waals surface area contributed by atoms with Crippen LogP contribution in [0.3, 0.4) is 0 Å². The maximum atomic E-state index is 12.7. The second-order valence-electron chi connectivity index (χ2n) is 5.98. The fourth-order valence-electron chi connectivity index (χ4n) is 2.81. The Labute approximate surface area is 178 Å². The lowest BCUT2D eigenvalue weighted by Crippen LogP contribution is -2.14. The van der Waals surface area contributed by atoms with E-state index in [2.05, 4.69) is 10.4 Å². The third-order valence-electron chi connectivity index (χ3n) is 4.16. The van der Waals surface area contributed by atoms with Gasteiger partial charge in [-0.15, -0.1) is 0 Å². The normalized spacial score (nSPS) is 10.5. The second kappa shape index (κ2) is 9.07. The fourth-order valence-corrected chi connectivity index (χ4v) is 3.13. The van der Waals surface area contributed by atoms with Gasteiger partial charge in [-0.3, -0.25) is 9.48 Å². The number of benzene rings is 2. The molecule has 0 atom stereocenters. The molecule has 1 amide bonds. The lowest BCUT2D eigenvalue weighted by atomic mass is 10.1. The number of hydrogen-bond donors (Lipinski definition) is 1. The van der Waals surface area contributed by atoms with E-state index in [1.807, 2.05) is 6.07 Å². The minimum Gasteiger partial charge on any atom is -0.493 e. The summed E-state index contributed by atoms with van der Waals surface area (Å²) in [6.45, 7) is 0.479.